The smallest absolute Gasteiger partial charge is 0.114 e. The highest BCUT2D eigenvalue weighted by Crippen LogP contribution is 2.36. The summed E-state index contributed by atoms with van der Waals surface area (Å²) in [5.74, 6) is 1.18. The van der Waals surface area contributed by atoms with Crippen LogP contribution in [-0.2, 0) is 24.1 Å². The van der Waals surface area contributed by atoms with Gasteiger partial charge in [-0.1, -0.05) is 30.3 Å². The van der Waals surface area contributed by atoms with E-state index >= 15 is 0 Å². The van der Waals surface area contributed by atoms with Gasteiger partial charge < -0.3 is 14.6 Å². The lowest BCUT2D eigenvalue weighted by Gasteiger charge is -2.38. The standard InChI is InChI=1S/C26H32N4O/c1-19-7-8-21-22(27-19)9-10-23-25(21)28-24(17-20-5-3-2-4-6-20)30(23)15-14-29-13-11-26(18-29)12-16-31-26/h2-6,9-10,19,27H,7-8,11-18H2,1H3/t19-,26-/m0/s1. The van der Waals surface area contributed by atoms with Crippen molar-refractivity contribution >= 4 is 16.7 Å². The molecule has 0 unspecified atom stereocenters. The van der Waals surface area contributed by atoms with Crippen molar-refractivity contribution in [2.75, 3.05) is 31.6 Å². The van der Waals surface area contributed by atoms with Crippen LogP contribution in [0.15, 0.2) is 42.5 Å². The van der Waals surface area contributed by atoms with Gasteiger partial charge in [-0.15, -0.1) is 0 Å². The van der Waals surface area contributed by atoms with Crippen molar-refractivity contribution in [3.63, 3.8) is 0 Å². The molecule has 0 amide bonds. The number of aryl methyl sites for hydroxylation is 1. The van der Waals surface area contributed by atoms with Crippen LogP contribution in [0.5, 0.6) is 0 Å². The van der Waals surface area contributed by atoms with Crippen molar-refractivity contribution in [3.05, 3.63) is 59.4 Å². The molecule has 3 aromatic rings. The van der Waals surface area contributed by atoms with Gasteiger partial charge in [-0.05, 0) is 43.9 Å². The molecule has 2 atom stereocenters. The van der Waals surface area contributed by atoms with Crippen molar-refractivity contribution in [3.8, 4) is 0 Å². The number of nitrogens with zero attached hydrogens (tertiary/aromatic N) is 3. The van der Waals surface area contributed by atoms with Crippen LogP contribution in [0.1, 0.15) is 43.1 Å². The van der Waals surface area contributed by atoms with Gasteiger partial charge in [-0.25, -0.2) is 4.98 Å². The number of likely N-dealkylation sites (tertiary alicyclic amines) is 1. The third-order valence-corrected chi connectivity index (χ3v) is 7.54. The van der Waals surface area contributed by atoms with Gasteiger partial charge in [0.05, 0.1) is 23.2 Å². The van der Waals surface area contributed by atoms with E-state index in [-0.39, 0.29) is 5.60 Å². The van der Waals surface area contributed by atoms with E-state index in [2.05, 4.69) is 64.2 Å². The van der Waals surface area contributed by atoms with E-state index in [9.17, 15) is 0 Å². The second-order valence-electron chi connectivity index (χ2n) is 9.69. The van der Waals surface area contributed by atoms with Gasteiger partial charge in [0.15, 0.2) is 0 Å². The molecule has 0 radical (unpaired) electrons. The predicted octanol–water partition coefficient (Wildman–Crippen LogP) is 4.24. The van der Waals surface area contributed by atoms with Crippen LogP contribution >= 0.6 is 0 Å². The molecule has 162 valence electrons. The fraction of sp³-hybridized carbons (Fsp3) is 0.500. The molecule has 1 spiro atoms. The number of fused-ring (bicyclic) bond motifs is 3. The zero-order valence-electron chi connectivity index (χ0n) is 18.4. The topological polar surface area (TPSA) is 42.3 Å². The molecule has 2 saturated heterocycles. The van der Waals surface area contributed by atoms with Crippen LogP contribution in [0.4, 0.5) is 5.69 Å². The third-order valence-electron chi connectivity index (χ3n) is 7.54. The molecular weight excluding hydrogens is 384 g/mol. The number of rotatable bonds is 5. The van der Waals surface area contributed by atoms with Crippen molar-refractivity contribution < 1.29 is 4.74 Å². The zero-order valence-corrected chi connectivity index (χ0v) is 18.4. The normalized spacial score (nSPS) is 25.5. The van der Waals surface area contributed by atoms with E-state index in [0.29, 0.717) is 6.04 Å². The summed E-state index contributed by atoms with van der Waals surface area (Å²) in [5, 5.41) is 3.66. The highest BCUT2D eigenvalue weighted by Gasteiger charge is 2.44. The number of nitrogens with one attached hydrogen (secondary N) is 1. The quantitative estimate of drug-likeness (QED) is 0.676. The molecule has 0 bridgehead atoms. The Bertz CT molecular complexity index is 1090. The summed E-state index contributed by atoms with van der Waals surface area (Å²) in [5.41, 5.74) is 6.64. The Morgan fingerprint density at radius 3 is 2.77 bits per heavy atom. The van der Waals surface area contributed by atoms with Gasteiger partial charge >= 0.3 is 0 Å². The second-order valence-corrected chi connectivity index (χ2v) is 9.69. The first kappa shape index (κ1) is 19.3. The maximum Gasteiger partial charge on any atom is 0.114 e. The van der Waals surface area contributed by atoms with Crippen molar-refractivity contribution in [2.45, 2.75) is 57.2 Å². The Hall–Kier alpha value is -2.37. The Morgan fingerprint density at radius 2 is 2.00 bits per heavy atom. The number of imidazole rings is 1. The molecule has 5 nitrogen and oxygen atoms in total. The lowest BCUT2D eigenvalue weighted by atomic mass is 9.94. The van der Waals surface area contributed by atoms with Crippen molar-refractivity contribution in [1.82, 2.24) is 14.5 Å². The Labute approximate surface area is 184 Å². The number of anilines is 1. The first-order chi connectivity index (χ1) is 15.2. The summed E-state index contributed by atoms with van der Waals surface area (Å²) < 4.78 is 8.40. The zero-order chi connectivity index (χ0) is 20.8. The lowest BCUT2D eigenvalue weighted by molar-refractivity contribution is -0.137. The minimum Gasteiger partial charge on any atom is -0.382 e. The maximum atomic E-state index is 5.92. The lowest BCUT2D eigenvalue weighted by Crippen LogP contribution is -2.46. The Morgan fingerprint density at radius 1 is 1.13 bits per heavy atom. The van der Waals surface area contributed by atoms with Crippen LogP contribution in [0.3, 0.4) is 0 Å². The van der Waals surface area contributed by atoms with Gasteiger partial charge in [0.2, 0.25) is 0 Å². The number of benzene rings is 2. The molecule has 3 aliphatic heterocycles. The van der Waals surface area contributed by atoms with Gasteiger partial charge in [0.25, 0.3) is 0 Å². The fourth-order valence-corrected chi connectivity index (χ4v) is 5.62. The molecule has 0 aliphatic carbocycles. The number of hydrogen-bond donors (Lipinski definition) is 1. The summed E-state index contributed by atoms with van der Waals surface area (Å²) in [6, 6.07) is 15.8. The maximum absolute atomic E-state index is 5.92. The molecule has 3 aliphatic rings. The summed E-state index contributed by atoms with van der Waals surface area (Å²) >= 11 is 0. The van der Waals surface area contributed by atoms with Gasteiger partial charge in [-0.3, -0.25) is 4.90 Å². The SMILES string of the molecule is C[C@H]1CCc2c(ccc3c2nc(Cc2ccccc2)n3CCN2CC[C@]3(CCO3)C2)N1. The molecule has 2 fully saturated rings. The molecule has 4 heterocycles. The van der Waals surface area contributed by atoms with Crippen LogP contribution in [0.25, 0.3) is 11.0 Å². The monoisotopic (exact) mass is 416 g/mol. The Kier molecular flexibility index (Phi) is 4.77. The average molecular weight is 417 g/mol. The van der Waals surface area contributed by atoms with Crippen LogP contribution in [-0.4, -0.2) is 52.3 Å². The van der Waals surface area contributed by atoms with E-state index in [1.54, 1.807) is 0 Å². The average Bonchev–Trinajstić information content (AvgIpc) is 3.34. The first-order valence-corrected chi connectivity index (χ1v) is 11.9. The second kappa shape index (κ2) is 7.64. The summed E-state index contributed by atoms with van der Waals surface area (Å²) in [7, 11) is 0. The fourth-order valence-electron chi connectivity index (χ4n) is 5.62. The minimum absolute atomic E-state index is 0.172. The van der Waals surface area contributed by atoms with Crippen LogP contribution < -0.4 is 5.32 Å². The van der Waals surface area contributed by atoms with Crippen LogP contribution in [0.2, 0.25) is 0 Å². The number of aromatic nitrogens is 2. The van der Waals surface area contributed by atoms with Gasteiger partial charge in [0, 0.05) is 56.3 Å². The van der Waals surface area contributed by atoms with Crippen molar-refractivity contribution in [2.24, 2.45) is 0 Å². The van der Waals surface area contributed by atoms with E-state index in [1.807, 2.05) is 0 Å². The summed E-state index contributed by atoms with van der Waals surface area (Å²) in [6.07, 6.45) is 5.57. The predicted molar refractivity (Wildman–Crippen MR) is 125 cm³/mol. The highest BCUT2D eigenvalue weighted by molar-refractivity contribution is 5.86. The molecular formula is C26H32N4O. The molecule has 1 N–H and O–H groups in total. The number of hydrogen-bond acceptors (Lipinski definition) is 4. The third kappa shape index (κ3) is 3.54. The number of ether oxygens (including phenoxy) is 1. The van der Waals surface area contributed by atoms with E-state index in [4.69, 9.17) is 9.72 Å². The minimum atomic E-state index is 0.172. The highest BCUT2D eigenvalue weighted by atomic mass is 16.5. The molecule has 5 heteroatoms. The molecule has 2 aromatic carbocycles. The molecule has 6 rings (SSSR count). The van der Waals surface area contributed by atoms with E-state index in [0.717, 1.165) is 45.6 Å². The molecule has 31 heavy (non-hydrogen) atoms. The van der Waals surface area contributed by atoms with Crippen molar-refractivity contribution in [1.29, 1.82) is 0 Å². The van der Waals surface area contributed by atoms with Crippen LogP contribution in [0, 0.1) is 0 Å². The first-order valence-electron chi connectivity index (χ1n) is 11.9. The summed E-state index contributed by atoms with van der Waals surface area (Å²) in [4.78, 5) is 7.81. The Balaban J connectivity index is 1.32. The molecule has 0 saturated carbocycles. The van der Waals surface area contributed by atoms with E-state index in [1.165, 1.54) is 52.9 Å². The van der Waals surface area contributed by atoms with E-state index < -0.39 is 0 Å². The summed E-state index contributed by atoms with van der Waals surface area (Å²) in [6.45, 7) is 7.49. The largest absolute Gasteiger partial charge is 0.382 e. The van der Waals surface area contributed by atoms with Gasteiger partial charge in [0.1, 0.15) is 5.82 Å². The molecule has 1 aromatic heterocycles. The van der Waals surface area contributed by atoms with Gasteiger partial charge in [-0.2, -0.15) is 0 Å².